The smallest absolute Gasteiger partial charge is 0.255 e. The quantitative estimate of drug-likeness (QED) is 0.477. The topological polar surface area (TPSA) is 112 Å². The first-order valence-electron chi connectivity index (χ1n) is 12.0. The summed E-state index contributed by atoms with van der Waals surface area (Å²) in [7, 11) is 0. The lowest BCUT2D eigenvalue weighted by Gasteiger charge is -2.32. The van der Waals surface area contributed by atoms with E-state index in [4.69, 9.17) is 24.7 Å². The van der Waals surface area contributed by atoms with E-state index in [1.807, 2.05) is 38.1 Å². The van der Waals surface area contributed by atoms with Crippen molar-refractivity contribution in [3.8, 4) is 23.0 Å². The van der Waals surface area contributed by atoms with Crippen LogP contribution in [-0.2, 0) is 6.54 Å². The molecule has 2 heterocycles. The normalized spacial score (nSPS) is 13.4. The Kier molecular flexibility index (Phi) is 6.62. The van der Waals surface area contributed by atoms with Gasteiger partial charge in [0, 0.05) is 29.9 Å². The van der Waals surface area contributed by atoms with Gasteiger partial charge in [0.2, 0.25) is 13.6 Å². The van der Waals surface area contributed by atoms with Crippen LogP contribution in [0.2, 0.25) is 0 Å². The zero-order valence-corrected chi connectivity index (χ0v) is 20.8. The molecule has 0 unspecified atom stereocenters. The van der Waals surface area contributed by atoms with Gasteiger partial charge in [0.25, 0.3) is 11.8 Å². The Balaban J connectivity index is 1.29. The Labute approximate surface area is 215 Å². The zero-order valence-electron chi connectivity index (χ0n) is 20.8. The molecule has 0 aliphatic carbocycles. The van der Waals surface area contributed by atoms with E-state index in [-0.39, 0.29) is 30.8 Å². The molecule has 9 nitrogen and oxygen atoms in total. The van der Waals surface area contributed by atoms with Gasteiger partial charge in [-0.3, -0.25) is 9.59 Å². The fraction of sp³-hybridized carbons (Fsp3) is 0.286. The van der Waals surface area contributed by atoms with Gasteiger partial charge in [0.05, 0.1) is 0 Å². The Morgan fingerprint density at radius 2 is 1.41 bits per heavy atom. The Bertz CT molecular complexity index is 1320. The van der Waals surface area contributed by atoms with Crippen molar-refractivity contribution in [1.82, 2.24) is 4.90 Å². The van der Waals surface area contributed by atoms with E-state index in [9.17, 15) is 9.59 Å². The molecule has 0 saturated heterocycles. The number of hydrogen-bond acceptors (Lipinski definition) is 7. The molecule has 0 bridgehead atoms. The third-order valence-corrected chi connectivity index (χ3v) is 6.30. The molecule has 3 aromatic carbocycles. The molecule has 37 heavy (non-hydrogen) atoms. The fourth-order valence-electron chi connectivity index (χ4n) is 4.15. The highest BCUT2D eigenvalue weighted by atomic mass is 16.7. The van der Waals surface area contributed by atoms with E-state index in [1.165, 1.54) is 0 Å². The molecule has 0 spiro atoms. The largest absolute Gasteiger partial charge is 0.454 e. The molecular formula is C28H29N3O6. The van der Waals surface area contributed by atoms with Gasteiger partial charge < -0.3 is 34.9 Å². The number of carbonyl (C=O) groups excluding carboxylic acids is 2. The lowest BCUT2D eigenvalue weighted by atomic mass is 9.92. The molecule has 2 amide bonds. The van der Waals surface area contributed by atoms with E-state index in [0.717, 1.165) is 5.56 Å². The van der Waals surface area contributed by atoms with Crippen LogP contribution in [-0.4, -0.2) is 43.4 Å². The van der Waals surface area contributed by atoms with Crippen molar-refractivity contribution in [2.24, 2.45) is 11.1 Å². The number of benzene rings is 3. The van der Waals surface area contributed by atoms with E-state index >= 15 is 0 Å². The standard InChI is InChI=1S/C28H29N3O6/c1-28(2,14-29)15-31(27(33)20-6-10-23-25(12-20)37-17-35-23)13-18-3-7-21(8-4-18)30-26(32)19-5-9-22-24(11-19)36-16-34-22/h3-12H,13-17,29H2,1-2H3,(H,30,32). The molecule has 0 saturated carbocycles. The highest BCUT2D eigenvalue weighted by molar-refractivity contribution is 6.04. The van der Waals surface area contributed by atoms with E-state index in [2.05, 4.69) is 5.32 Å². The first-order chi connectivity index (χ1) is 17.8. The summed E-state index contributed by atoms with van der Waals surface area (Å²) < 4.78 is 21.5. The summed E-state index contributed by atoms with van der Waals surface area (Å²) in [4.78, 5) is 28.0. The van der Waals surface area contributed by atoms with Crippen molar-refractivity contribution < 1.29 is 28.5 Å². The SMILES string of the molecule is CC(C)(CN)CN(Cc1ccc(NC(=O)c2ccc3c(c2)OCO3)cc1)C(=O)c1ccc2c(c1)OCO2. The van der Waals surface area contributed by atoms with Crippen molar-refractivity contribution >= 4 is 17.5 Å². The van der Waals surface area contributed by atoms with Gasteiger partial charge in [0.15, 0.2) is 23.0 Å². The summed E-state index contributed by atoms with van der Waals surface area (Å²) in [5, 5.41) is 2.89. The highest BCUT2D eigenvalue weighted by Gasteiger charge is 2.26. The number of hydrogen-bond donors (Lipinski definition) is 2. The van der Waals surface area contributed by atoms with E-state index < -0.39 is 0 Å². The Hall–Kier alpha value is -4.24. The lowest BCUT2D eigenvalue weighted by Crippen LogP contribution is -2.41. The summed E-state index contributed by atoms with van der Waals surface area (Å²) in [5.41, 5.74) is 8.25. The summed E-state index contributed by atoms with van der Waals surface area (Å²) in [6, 6.07) is 17.7. The molecule has 0 atom stereocenters. The van der Waals surface area contributed by atoms with Crippen LogP contribution in [0.5, 0.6) is 23.0 Å². The van der Waals surface area contributed by atoms with Crippen LogP contribution in [0.15, 0.2) is 60.7 Å². The minimum absolute atomic E-state index is 0.125. The number of nitrogens with two attached hydrogens (primary N) is 1. The van der Waals surface area contributed by atoms with E-state index in [1.54, 1.807) is 41.3 Å². The van der Waals surface area contributed by atoms with Gasteiger partial charge in [-0.1, -0.05) is 26.0 Å². The molecule has 3 N–H and O–H groups in total. The van der Waals surface area contributed by atoms with Gasteiger partial charge in [-0.2, -0.15) is 0 Å². The maximum absolute atomic E-state index is 13.5. The lowest BCUT2D eigenvalue weighted by molar-refractivity contribution is 0.0673. The average Bonchev–Trinajstić information content (AvgIpc) is 3.57. The van der Waals surface area contributed by atoms with Crippen molar-refractivity contribution in [3.63, 3.8) is 0 Å². The summed E-state index contributed by atoms with van der Waals surface area (Å²) in [6.07, 6.45) is 0. The van der Waals surface area contributed by atoms with Crippen LogP contribution in [0.3, 0.4) is 0 Å². The minimum atomic E-state index is -0.273. The molecule has 0 fully saturated rings. The number of ether oxygens (including phenoxy) is 4. The van der Waals surface area contributed by atoms with Crippen LogP contribution in [0.4, 0.5) is 5.69 Å². The average molecular weight is 504 g/mol. The monoisotopic (exact) mass is 503 g/mol. The molecular weight excluding hydrogens is 474 g/mol. The molecule has 5 rings (SSSR count). The van der Waals surface area contributed by atoms with Gasteiger partial charge >= 0.3 is 0 Å². The molecule has 3 aromatic rings. The number of anilines is 1. The highest BCUT2D eigenvalue weighted by Crippen LogP contribution is 2.34. The van der Waals surface area contributed by atoms with Crippen LogP contribution in [0, 0.1) is 5.41 Å². The predicted octanol–water partition coefficient (Wildman–Crippen LogP) is 4.02. The first kappa shape index (κ1) is 24.5. The summed E-state index contributed by atoms with van der Waals surface area (Å²) in [6.45, 7) is 5.64. The third kappa shape index (κ3) is 5.46. The van der Waals surface area contributed by atoms with Gasteiger partial charge in [-0.15, -0.1) is 0 Å². The van der Waals surface area contributed by atoms with Crippen molar-refractivity contribution in [3.05, 3.63) is 77.4 Å². The van der Waals surface area contributed by atoms with Crippen molar-refractivity contribution in [1.29, 1.82) is 0 Å². The van der Waals surface area contributed by atoms with Crippen LogP contribution in [0.1, 0.15) is 40.1 Å². The molecule has 0 aromatic heterocycles. The number of nitrogens with one attached hydrogen (secondary N) is 1. The number of rotatable bonds is 8. The number of nitrogens with zero attached hydrogens (tertiary/aromatic N) is 1. The van der Waals surface area contributed by atoms with Gasteiger partial charge in [0.1, 0.15) is 0 Å². The van der Waals surface area contributed by atoms with Gasteiger partial charge in [-0.05, 0) is 66.1 Å². The molecule has 2 aliphatic rings. The van der Waals surface area contributed by atoms with Crippen LogP contribution < -0.4 is 30.0 Å². The summed E-state index contributed by atoms with van der Waals surface area (Å²) >= 11 is 0. The third-order valence-electron chi connectivity index (χ3n) is 6.30. The Morgan fingerprint density at radius 1 is 0.838 bits per heavy atom. The fourth-order valence-corrected chi connectivity index (χ4v) is 4.15. The van der Waals surface area contributed by atoms with Crippen molar-refractivity contribution in [2.45, 2.75) is 20.4 Å². The summed E-state index contributed by atoms with van der Waals surface area (Å²) in [5.74, 6) is 1.99. The second-order valence-corrected chi connectivity index (χ2v) is 9.82. The molecule has 192 valence electrons. The first-order valence-corrected chi connectivity index (χ1v) is 12.0. The maximum atomic E-state index is 13.5. The van der Waals surface area contributed by atoms with Gasteiger partial charge in [-0.25, -0.2) is 0 Å². The van der Waals surface area contributed by atoms with Crippen LogP contribution in [0.25, 0.3) is 0 Å². The number of carbonyl (C=O) groups is 2. The predicted molar refractivity (Wildman–Crippen MR) is 137 cm³/mol. The van der Waals surface area contributed by atoms with Crippen molar-refractivity contribution in [2.75, 3.05) is 32.0 Å². The number of fused-ring (bicyclic) bond motifs is 2. The molecule has 9 heteroatoms. The maximum Gasteiger partial charge on any atom is 0.255 e. The second-order valence-electron chi connectivity index (χ2n) is 9.82. The molecule has 0 radical (unpaired) electrons. The Morgan fingerprint density at radius 3 is 2.03 bits per heavy atom. The van der Waals surface area contributed by atoms with E-state index in [0.29, 0.717) is 59.4 Å². The number of amides is 2. The molecule has 2 aliphatic heterocycles. The van der Waals surface area contributed by atoms with Crippen LogP contribution >= 0.6 is 0 Å². The minimum Gasteiger partial charge on any atom is -0.454 e. The second kappa shape index (κ2) is 10.0. The zero-order chi connectivity index (χ0) is 26.0.